The predicted molar refractivity (Wildman–Crippen MR) is 93.1 cm³/mol. The molecule has 1 N–H and O–H groups in total. The minimum Gasteiger partial charge on any atom is -0.338 e. The van der Waals surface area contributed by atoms with Gasteiger partial charge in [-0.25, -0.2) is 0 Å². The summed E-state index contributed by atoms with van der Waals surface area (Å²) in [5.74, 6) is 0.243. The number of benzene rings is 1. The molecule has 0 saturated carbocycles. The van der Waals surface area contributed by atoms with Crippen LogP contribution in [0.5, 0.6) is 0 Å². The van der Waals surface area contributed by atoms with Crippen LogP contribution in [0.15, 0.2) is 18.2 Å². The van der Waals surface area contributed by atoms with Gasteiger partial charge in [-0.1, -0.05) is 40.7 Å². The van der Waals surface area contributed by atoms with E-state index in [0.717, 1.165) is 24.2 Å². The summed E-state index contributed by atoms with van der Waals surface area (Å²) in [6.45, 7) is 11.4. The van der Waals surface area contributed by atoms with Gasteiger partial charge < -0.3 is 10.2 Å². The molecule has 23 heavy (non-hydrogen) atoms. The molecule has 0 fully saturated rings. The van der Waals surface area contributed by atoms with Crippen LogP contribution in [0.3, 0.4) is 0 Å². The quantitative estimate of drug-likeness (QED) is 0.926. The highest BCUT2D eigenvalue weighted by Crippen LogP contribution is 2.25. The number of amides is 2. The van der Waals surface area contributed by atoms with Gasteiger partial charge in [0.05, 0.1) is 0 Å². The molecule has 4 nitrogen and oxygen atoms in total. The van der Waals surface area contributed by atoms with Crippen molar-refractivity contribution in [2.75, 3.05) is 11.9 Å². The van der Waals surface area contributed by atoms with E-state index in [0.29, 0.717) is 13.0 Å². The van der Waals surface area contributed by atoms with Gasteiger partial charge >= 0.3 is 0 Å². The van der Waals surface area contributed by atoms with Crippen molar-refractivity contribution in [2.45, 2.75) is 54.0 Å². The number of anilines is 1. The third-order valence-corrected chi connectivity index (χ3v) is 4.00. The normalized spacial score (nSPS) is 14.6. The standard InChI is InChI=1S/C19H28N2O2/c1-13(2)18(23)21-9-8-14-6-7-16(10-15(14)12-21)20-17(22)11-19(3,4)5/h6-7,10,13H,8-9,11-12H2,1-5H3,(H,20,22). The predicted octanol–water partition coefficient (Wildman–Crippen LogP) is 3.60. The van der Waals surface area contributed by atoms with Crippen LogP contribution >= 0.6 is 0 Å². The molecule has 4 heteroatoms. The van der Waals surface area contributed by atoms with E-state index < -0.39 is 0 Å². The molecule has 0 saturated heterocycles. The van der Waals surface area contributed by atoms with E-state index >= 15 is 0 Å². The van der Waals surface area contributed by atoms with Crippen molar-refractivity contribution in [1.82, 2.24) is 4.90 Å². The van der Waals surface area contributed by atoms with E-state index in [1.807, 2.05) is 30.9 Å². The Morgan fingerprint density at radius 1 is 1.22 bits per heavy atom. The maximum Gasteiger partial charge on any atom is 0.225 e. The molecular formula is C19H28N2O2. The second-order valence-corrected chi connectivity index (χ2v) is 7.93. The summed E-state index contributed by atoms with van der Waals surface area (Å²) >= 11 is 0. The molecule has 126 valence electrons. The molecule has 0 bridgehead atoms. The third kappa shape index (κ3) is 4.81. The Morgan fingerprint density at radius 2 is 1.91 bits per heavy atom. The molecule has 1 aliphatic rings. The van der Waals surface area contributed by atoms with E-state index in [9.17, 15) is 9.59 Å². The molecular weight excluding hydrogens is 288 g/mol. The van der Waals surface area contributed by atoms with Crippen molar-refractivity contribution in [3.05, 3.63) is 29.3 Å². The molecule has 1 aromatic carbocycles. The highest BCUT2D eigenvalue weighted by molar-refractivity contribution is 5.91. The Labute approximate surface area is 139 Å². The topological polar surface area (TPSA) is 49.4 Å². The number of rotatable bonds is 3. The van der Waals surface area contributed by atoms with Gasteiger partial charge in [0, 0.05) is 31.1 Å². The van der Waals surface area contributed by atoms with Crippen molar-refractivity contribution in [3.8, 4) is 0 Å². The van der Waals surface area contributed by atoms with E-state index in [-0.39, 0.29) is 23.1 Å². The minimum atomic E-state index is -0.0290. The first-order chi connectivity index (χ1) is 10.7. The first-order valence-electron chi connectivity index (χ1n) is 8.36. The number of nitrogens with zero attached hydrogens (tertiary/aromatic N) is 1. The summed E-state index contributed by atoms with van der Waals surface area (Å²) in [7, 11) is 0. The van der Waals surface area contributed by atoms with Crippen molar-refractivity contribution in [3.63, 3.8) is 0 Å². The first kappa shape index (κ1) is 17.5. The zero-order valence-corrected chi connectivity index (χ0v) is 14.9. The van der Waals surface area contributed by atoms with Gasteiger partial charge in [0.15, 0.2) is 0 Å². The molecule has 1 heterocycles. The lowest BCUT2D eigenvalue weighted by Crippen LogP contribution is -2.38. The van der Waals surface area contributed by atoms with Crippen LogP contribution in [0.2, 0.25) is 0 Å². The van der Waals surface area contributed by atoms with Gasteiger partial charge in [-0.2, -0.15) is 0 Å². The average molecular weight is 316 g/mol. The molecule has 2 amide bonds. The summed E-state index contributed by atoms with van der Waals surface area (Å²) in [5.41, 5.74) is 3.20. The summed E-state index contributed by atoms with van der Waals surface area (Å²) in [5, 5.41) is 2.97. The van der Waals surface area contributed by atoms with Crippen LogP contribution in [-0.4, -0.2) is 23.3 Å². The summed E-state index contributed by atoms with van der Waals surface area (Å²) < 4.78 is 0. The van der Waals surface area contributed by atoms with Crippen LogP contribution in [0.25, 0.3) is 0 Å². The molecule has 0 unspecified atom stereocenters. The largest absolute Gasteiger partial charge is 0.338 e. The minimum absolute atomic E-state index is 0.0196. The number of hydrogen-bond acceptors (Lipinski definition) is 2. The monoisotopic (exact) mass is 316 g/mol. The molecule has 0 aliphatic carbocycles. The van der Waals surface area contributed by atoms with Crippen molar-refractivity contribution < 1.29 is 9.59 Å². The zero-order valence-electron chi connectivity index (χ0n) is 14.9. The van der Waals surface area contributed by atoms with Gasteiger partial charge in [0.25, 0.3) is 0 Å². The average Bonchev–Trinajstić information content (AvgIpc) is 2.43. The van der Waals surface area contributed by atoms with Crippen LogP contribution < -0.4 is 5.32 Å². The fraction of sp³-hybridized carbons (Fsp3) is 0.579. The summed E-state index contributed by atoms with van der Waals surface area (Å²) in [6.07, 6.45) is 1.37. The number of carbonyl (C=O) groups is 2. The van der Waals surface area contributed by atoms with Crippen molar-refractivity contribution >= 4 is 17.5 Å². The van der Waals surface area contributed by atoms with E-state index in [2.05, 4.69) is 32.2 Å². The highest BCUT2D eigenvalue weighted by Gasteiger charge is 2.23. The van der Waals surface area contributed by atoms with E-state index in [1.165, 1.54) is 5.56 Å². The Hall–Kier alpha value is -1.84. The lowest BCUT2D eigenvalue weighted by Gasteiger charge is -2.30. The lowest BCUT2D eigenvalue weighted by atomic mass is 9.92. The Bertz CT molecular complexity index is 600. The first-order valence-corrected chi connectivity index (χ1v) is 8.36. The van der Waals surface area contributed by atoms with Gasteiger partial charge in [0.2, 0.25) is 11.8 Å². The van der Waals surface area contributed by atoms with Crippen LogP contribution in [-0.2, 0) is 22.6 Å². The molecule has 1 aromatic rings. The number of nitrogens with one attached hydrogen (secondary N) is 1. The van der Waals surface area contributed by atoms with Gasteiger partial charge in [0.1, 0.15) is 0 Å². The van der Waals surface area contributed by atoms with E-state index in [1.54, 1.807) is 0 Å². The smallest absolute Gasteiger partial charge is 0.225 e. The molecule has 0 aromatic heterocycles. The second-order valence-electron chi connectivity index (χ2n) is 7.93. The summed E-state index contributed by atoms with van der Waals surface area (Å²) in [6, 6.07) is 6.04. The van der Waals surface area contributed by atoms with Gasteiger partial charge in [-0.05, 0) is 35.1 Å². The van der Waals surface area contributed by atoms with E-state index in [4.69, 9.17) is 0 Å². The molecule has 1 aliphatic heterocycles. The fourth-order valence-corrected chi connectivity index (χ4v) is 2.87. The maximum atomic E-state index is 12.2. The van der Waals surface area contributed by atoms with Crippen molar-refractivity contribution in [2.24, 2.45) is 11.3 Å². The SMILES string of the molecule is CC(C)C(=O)N1CCc2ccc(NC(=O)CC(C)(C)C)cc2C1. The fourth-order valence-electron chi connectivity index (χ4n) is 2.87. The summed E-state index contributed by atoms with van der Waals surface area (Å²) in [4.78, 5) is 26.2. The Kier molecular flexibility index (Phi) is 5.12. The highest BCUT2D eigenvalue weighted by atomic mass is 16.2. The Morgan fingerprint density at radius 3 is 2.52 bits per heavy atom. The zero-order chi connectivity index (χ0) is 17.2. The number of carbonyl (C=O) groups excluding carboxylic acids is 2. The molecule has 0 spiro atoms. The second kappa shape index (κ2) is 6.73. The number of hydrogen-bond donors (Lipinski definition) is 1. The lowest BCUT2D eigenvalue weighted by molar-refractivity contribution is -0.135. The maximum absolute atomic E-state index is 12.2. The van der Waals surface area contributed by atoms with Crippen LogP contribution in [0.1, 0.15) is 52.2 Å². The molecule has 0 atom stereocenters. The molecule has 2 rings (SSSR count). The number of fused-ring (bicyclic) bond motifs is 1. The third-order valence-electron chi connectivity index (χ3n) is 4.00. The van der Waals surface area contributed by atoms with Crippen LogP contribution in [0, 0.1) is 11.3 Å². The Balaban J connectivity index is 2.09. The van der Waals surface area contributed by atoms with Crippen molar-refractivity contribution in [1.29, 1.82) is 0 Å². The van der Waals surface area contributed by atoms with Gasteiger partial charge in [-0.15, -0.1) is 0 Å². The van der Waals surface area contributed by atoms with Crippen LogP contribution in [0.4, 0.5) is 5.69 Å². The molecule has 0 radical (unpaired) electrons. The van der Waals surface area contributed by atoms with Gasteiger partial charge in [-0.3, -0.25) is 9.59 Å².